The van der Waals surface area contributed by atoms with Crippen LogP contribution in [-0.2, 0) is 11.3 Å². The van der Waals surface area contributed by atoms with Crippen molar-refractivity contribution in [3.63, 3.8) is 0 Å². The Hall–Kier alpha value is -4.01. The third-order valence-corrected chi connectivity index (χ3v) is 4.39. The Morgan fingerprint density at radius 3 is 2.50 bits per heavy atom. The number of aromatic nitrogens is 2. The number of benzene rings is 2. The molecule has 0 saturated heterocycles. The van der Waals surface area contributed by atoms with Crippen molar-refractivity contribution in [2.45, 2.75) is 6.54 Å². The quantitative estimate of drug-likeness (QED) is 0.686. The highest BCUT2D eigenvalue weighted by atomic mass is 16.5. The van der Waals surface area contributed by atoms with Gasteiger partial charge in [0.25, 0.3) is 11.8 Å². The molecule has 1 N–H and O–H groups in total. The van der Waals surface area contributed by atoms with Gasteiger partial charge < -0.3 is 5.32 Å². The predicted octanol–water partition coefficient (Wildman–Crippen LogP) is 1.37. The number of rotatable bonds is 4. The summed E-state index contributed by atoms with van der Waals surface area (Å²) in [4.78, 5) is 49.4. The smallest absolute Gasteiger partial charge is 0.325 e. The lowest BCUT2D eigenvalue weighted by atomic mass is 10.1. The van der Waals surface area contributed by atoms with Crippen molar-refractivity contribution < 1.29 is 18.9 Å². The summed E-state index contributed by atoms with van der Waals surface area (Å²) in [6, 6.07) is 13.3. The van der Waals surface area contributed by atoms with Crippen molar-refractivity contribution in [2.75, 3.05) is 12.4 Å². The summed E-state index contributed by atoms with van der Waals surface area (Å²) in [6.45, 7) is -0.323. The second kappa shape index (κ2) is 6.62. The molecule has 3 aromatic rings. The van der Waals surface area contributed by atoms with Gasteiger partial charge in [0.05, 0.1) is 11.1 Å². The molecule has 1 aliphatic rings. The average molecular weight is 378 g/mol. The first-order chi connectivity index (χ1) is 13.5. The van der Waals surface area contributed by atoms with Crippen LogP contribution in [-0.4, -0.2) is 39.4 Å². The molecule has 140 valence electrons. The number of amides is 3. The Bertz CT molecular complexity index is 1160. The minimum Gasteiger partial charge on any atom is -0.325 e. The SMILES string of the molecule is CN1C(=O)c2ccc(NC(=O)Cn3c(-c4ccccc4)noc3=O)cc2C1=O. The molecular formula is C19H14N4O5. The number of carbonyl (C=O) groups is 3. The molecule has 4 rings (SSSR count). The highest BCUT2D eigenvalue weighted by molar-refractivity contribution is 6.21. The van der Waals surface area contributed by atoms with E-state index in [-0.39, 0.29) is 29.4 Å². The second-order valence-corrected chi connectivity index (χ2v) is 6.20. The van der Waals surface area contributed by atoms with Crippen molar-refractivity contribution in [2.24, 2.45) is 0 Å². The highest BCUT2D eigenvalue weighted by Gasteiger charge is 2.32. The van der Waals surface area contributed by atoms with Crippen LogP contribution in [0.5, 0.6) is 0 Å². The van der Waals surface area contributed by atoms with Crippen LogP contribution in [0, 0.1) is 0 Å². The molecule has 0 bridgehead atoms. The standard InChI is InChI=1S/C19H14N4O5/c1-22-17(25)13-8-7-12(9-14(13)18(22)26)20-15(24)10-23-16(21-28-19(23)27)11-5-3-2-4-6-11/h2-9H,10H2,1H3,(H,20,24). The normalized spacial score (nSPS) is 13.0. The van der Waals surface area contributed by atoms with Gasteiger partial charge in [-0.1, -0.05) is 35.5 Å². The maximum Gasteiger partial charge on any atom is 0.442 e. The molecule has 28 heavy (non-hydrogen) atoms. The Morgan fingerprint density at radius 2 is 1.75 bits per heavy atom. The highest BCUT2D eigenvalue weighted by Crippen LogP contribution is 2.24. The summed E-state index contributed by atoms with van der Waals surface area (Å²) >= 11 is 0. The summed E-state index contributed by atoms with van der Waals surface area (Å²) < 4.78 is 5.80. The molecule has 0 fully saturated rings. The third-order valence-electron chi connectivity index (χ3n) is 4.39. The van der Waals surface area contributed by atoms with Crippen LogP contribution in [0.1, 0.15) is 20.7 Å². The molecule has 0 saturated carbocycles. The minimum absolute atomic E-state index is 0.220. The van der Waals surface area contributed by atoms with E-state index in [0.717, 1.165) is 9.47 Å². The van der Waals surface area contributed by atoms with Gasteiger partial charge in [-0.15, -0.1) is 0 Å². The zero-order valence-corrected chi connectivity index (χ0v) is 14.7. The molecule has 1 aliphatic heterocycles. The molecule has 0 aliphatic carbocycles. The van der Waals surface area contributed by atoms with E-state index in [4.69, 9.17) is 0 Å². The maximum atomic E-state index is 12.4. The van der Waals surface area contributed by atoms with Gasteiger partial charge in [0, 0.05) is 18.3 Å². The summed E-state index contributed by atoms with van der Waals surface area (Å²) in [5.74, 6) is -1.85. The Morgan fingerprint density at radius 1 is 1.04 bits per heavy atom. The Balaban J connectivity index is 1.56. The first-order valence-corrected chi connectivity index (χ1v) is 8.34. The van der Waals surface area contributed by atoms with E-state index in [1.165, 1.54) is 25.2 Å². The molecule has 9 heteroatoms. The lowest BCUT2D eigenvalue weighted by Gasteiger charge is -2.07. The number of imide groups is 1. The number of nitrogens with one attached hydrogen (secondary N) is 1. The molecule has 0 atom stereocenters. The molecular weight excluding hydrogens is 364 g/mol. The van der Waals surface area contributed by atoms with Crippen molar-refractivity contribution in [1.82, 2.24) is 14.6 Å². The van der Waals surface area contributed by atoms with Crippen molar-refractivity contribution in [3.8, 4) is 11.4 Å². The van der Waals surface area contributed by atoms with E-state index in [0.29, 0.717) is 11.3 Å². The number of carbonyl (C=O) groups excluding carboxylic acids is 3. The van der Waals surface area contributed by atoms with Gasteiger partial charge in [-0.05, 0) is 18.2 Å². The molecule has 0 spiro atoms. The van der Waals surface area contributed by atoms with Gasteiger partial charge in [-0.3, -0.25) is 23.8 Å². The number of hydrogen-bond acceptors (Lipinski definition) is 6. The zero-order valence-electron chi connectivity index (χ0n) is 14.7. The van der Waals surface area contributed by atoms with Gasteiger partial charge >= 0.3 is 5.76 Å². The van der Waals surface area contributed by atoms with Crippen LogP contribution in [0.2, 0.25) is 0 Å². The van der Waals surface area contributed by atoms with E-state index >= 15 is 0 Å². The largest absolute Gasteiger partial charge is 0.442 e. The molecule has 2 heterocycles. The molecule has 3 amide bonds. The van der Waals surface area contributed by atoms with Gasteiger partial charge in [0.15, 0.2) is 5.82 Å². The number of anilines is 1. The van der Waals surface area contributed by atoms with Crippen LogP contribution in [0.4, 0.5) is 5.69 Å². The van der Waals surface area contributed by atoms with E-state index in [2.05, 4.69) is 15.0 Å². The summed E-state index contributed by atoms with van der Waals surface area (Å²) in [5.41, 5.74) is 1.47. The fraction of sp³-hybridized carbons (Fsp3) is 0.105. The van der Waals surface area contributed by atoms with Crippen molar-refractivity contribution in [3.05, 3.63) is 70.2 Å². The third kappa shape index (κ3) is 2.88. The number of nitrogens with zero attached hydrogens (tertiary/aromatic N) is 3. The molecule has 9 nitrogen and oxygen atoms in total. The maximum absolute atomic E-state index is 12.4. The summed E-state index contributed by atoms with van der Waals surface area (Å²) in [5, 5.41) is 6.34. The van der Waals surface area contributed by atoms with Gasteiger partial charge in [-0.25, -0.2) is 9.36 Å². The van der Waals surface area contributed by atoms with Crippen LogP contribution in [0.25, 0.3) is 11.4 Å². The summed E-state index contributed by atoms with van der Waals surface area (Å²) in [7, 11) is 1.40. The van der Waals surface area contributed by atoms with Crippen LogP contribution in [0.3, 0.4) is 0 Å². The van der Waals surface area contributed by atoms with E-state index in [1.54, 1.807) is 24.3 Å². The van der Waals surface area contributed by atoms with E-state index in [9.17, 15) is 19.2 Å². The fourth-order valence-electron chi connectivity index (χ4n) is 2.99. The molecule has 2 aromatic carbocycles. The first-order valence-electron chi connectivity index (χ1n) is 8.34. The van der Waals surface area contributed by atoms with Crippen LogP contribution in [0.15, 0.2) is 57.8 Å². The first kappa shape index (κ1) is 17.4. The molecule has 0 radical (unpaired) electrons. The Kier molecular flexibility index (Phi) is 4.11. The van der Waals surface area contributed by atoms with Crippen molar-refractivity contribution in [1.29, 1.82) is 0 Å². The molecule has 1 aromatic heterocycles. The zero-order chi connectivity index (χ0) is 19.8. The van der Waals surface area contributed by atoms with E-state index < -0.39 is 17.6 Å². The van der Waals surface area contributed by atoms with Crippen molar-refractivity contribution >= 4 is 23.4 Å². The van der Waals surface area contributed by atoms with Gasteiger partial charge in [0.2, 0.25) is 5.91 Å². The lowest BCUT2D eigenvalue weighted by Crippen LogP contribution is -2.25. The average Bonchev–Trinajstić information content (AvgIpc) is 3.16. The monoisotopic (exact) mass is 378 g/mol. The Labute approximate surface area is 158 Å². The van der Waals surface area contributed by atoms with E-state index in [1.807, 2.05) is 6.07 Å². The van der Waals surface area contributed by atoms with Gasteiger partial charge in [0.1, 0.15) is 6.54 Å². The van der Waals surface area contributed by atoms with Crippen LogP contribution >= 0.6 is 0 Å². The molecule has 0 unspecified atom stereocenters. The number of hydrogen-bond donors (Lipinski definition) is 1. The lowest BCUT2D eigenvalue weighted by molar-refractivity contribution is -0.116. The predicted molar refractivity (Wildman–Crippen MR) is 97.7 cm³/mol. The summed E-state index contributed by atoms with van der Waals surface area (Å²) in [6.07, 6.45) is 0. The minimum atomic E-state index is -0.759. The fourth-order valence-corrected chi connectivity index (χ4v) is 2.99. The topological polar surface area (TPSA) is 115 Å². The van der Waals surface area contributed by atoms with Gasteiger partial charge in [-0.2, -0.15) is 0 Å². The van der Waals surface area contributed by atoms with Crippen LogP contribution < -0.4 is 11.1 Å². The second-order valence-electron chi connectivity index (χ2n) is 6.20. The number of fused-ring (bicyclic) bond motifs is 1.